The van der Waals surface area contributed by atoms with E-state index in [1.165, 1.54) is 6.20 Å². The Morgan fingerprint density at radius 2 is 2.33 bits per heavy atom. The number of halogens is 1. The highest BCUT2D eigenvalue weighted by Gasteiger charge is 2.05. The first-order chi connectivity index (χ1) is 5.81. The third-order valence-corrected chi connectivity index (χ3v) is 1.85. The van der Waals surface area contributed by atoms with Crippen molar-refractivity contribution in [2.45, 2.75) is 0 Å². The van der Waals surface area contributed by atoms with Gasteiger partial charge in [0.2, 0.25) is 0 Å². The molecule has 1 aromatic heterocycles. The normalized spacial score (nSPS) is 10.4. The summed E-state index contributed by atoms with van der Waals surface area (Å²) in [6.45, 7) is 0. The summed E-state index contributed by atoms with van der Waals surface area (Å²) >= 11 is 5.79. The number of aldehydes is 1. The SMILES string of the molecule is O=Cc1cc(Cl)c2oncc2c1. The minimum atomic E-state index is 0.409. The molecule has 0 aliphatic carbocycles. The zero-order valence-corrected chi connectivity index (χ0v) is 6.71. The minimum absolute atomic E-state index is 0.409. The molecule has 0 aliphatic rings. The Balaban J connectivity index is 2.83. The van der Waals surface area contributed by atoms with Gasteiger partial charge in [-0.2, -0.15) is 0 Å². The summed E-state index contributed by atoms with van der Waals surface area (Å²) in [6.07, 6.45) is 2.26. The molecule has 1 aromatic carbocycles. The first kappa shape index (κ1) is 7.31. The second kappa shape index (κ2) is 2.60. The molecule has 4 heteroatoms. The maximum atomic E-state index is 10.4. The van der Waals surface area contributed by atoms with Crippen LogP contribution in [0, 0.1) is 0 Å². The smallest absolute Gasteiger partial charge is 0.185 e. The monoisotopic (exact) mass is 181 g/mol. The van der Waals surface area contributed by atoms with E-state index in [1.807, 2.05) is 0 Å². The number of hydrogen-bond donors (Lipinski definition) is 0. The van der Waals surface area contributed by atoms with E-state index in [9.17, 15) is 4.79 Å². The summed E-state index contributed by atoms with van der Waals surface area (Å²) in [6, 6.07) is 3.22. The third-order valence-electron chi connectivity index (χ3n) is 1.57. The molecule has 0 spiro atoms. The highest BCUT2D eigenvalue weighted by molar-refractivity contribution is 6.35. The van der Waals surface area contributed by atoms with Crippen molar-refractivity contribution in [1.29, 1.82) is 0 Å². The molecule has 0 aliphatic heterocycles. The van der Waals surface area contributed by atoms with Gasteiger partial charge in [0.25, 0.3) is 0 Å². The number of hydrogen-bond acceptors (Lipinski definition) is 3. The Bertz CT molecular complexity index is 436. The topological polar surface area (TPSA) is 43.1 Å². The van der Waals surface area contributed by atoms with Crippen molar-refractivity contribution in [3.63, 3.8) is 0 Å². The number of nitrogens with zero attached hydrogens (tertiary/aromatic N) is 1. The number of carbonyl (C=O) groups excluding carboxylic acids is 1. The quantitative estimate of drug-likeness (QED) is 0.634. The fourth-order valence-electron chi connectivity index (χ4n) is 1.03. The van der Waals surface area contributed by atoms with Crippen molar-refractivity contribution in [1.82, 2.24) is 5.16 Å². The van der Waals surface area contributed by atoms with Gasteiger partial charge in [-0.05, 0) is 12.1 Å². The van der Waals surface area contributed by atoms with Crippen LogP contribution in [0.15, 0.2) is 22.9 Å². The molecule has 0 saturated heterocycles. The van der Waals surface area contributed by atoms with Crippen LogP contribution in [-0.4, -0.2) is 11.4 Å². The van der Waals surface area contributed by atoms with Gasteiger partial charge in [0.05, 0.1) is 11.2 Å². The van der Waals surface area contributed by atoms with Crippen molar-refractivity contribution in [2.75, 3.05) is 0 Å². The first-order valence-corrected chi connectivity index (χ1v) is 3.68. The zero-order chi connectivity index (χ0) is 8.55. The predicted molar refractivity (Wildman–Crippen MR) is 44.4 cm³/mol. The van der Waals surface area contributed by atoms with Gasteiger partial charge in [-0.25, -0.2) is 0 Å². The highest BCUT2D eigenvalue weighted by Crippen LogP contribution is 2.24. The van der Waals surface area contributed by atoms with E-state index in [0.717, 1.165) is 11.7 Å². The molecular formula is C8H4ClNO2. The summed E-state index contributed by atoms with van der Waals surface area (Å²) < 4.78 is 4.85. The molecular weight excluding hydrogens is 178 g/mol. The molecule has 0 N–H and O–H groups in total. The summed E-state index contributed by atoms with van der Waals surface area (Å²) in [4.78, 5) is 10.4. The van der Waals surface area contributed by atoms with Crippen molar-refractivity contribution >= 4 is 28.9 Å². The van der Waals surface area contributed by atoms with E-state index in [0.29, 0.717) is 16.2 Å². The Kier molecular flexibility index (Phi) is 1.59. The van der Waals surface area contributed by atoms with E-state index in [4.69, 9.17) is 16.1 Å². The van der Waals surface area contributed by atoms with Gasteiger partial charge in [-0.15, -0.1) is 0 Å². The molecule has 0 bridgehead atoms. The molecule has 0 radical (unpaired) electrons. The molecule has 60 valence electrons. The molecule has 12 heavy (non-hydrogen) atoms. The van der Waals surface area contributed by atoms with Gasteiger partial charge in [0.15, 0.2) is 5.58 Å². The number of rotatable bonds is 1. The van der Waals surface area contributed by atoms with Gasteiger partial charge in [-0.3, -0.25) is 4.79 Å². The standard InChI is InChI=1S/C8H4ClNO2/c9-7-2-5(4-11)1-6-3-10-12-8(6)7/h1-4H. The van der Waals surface area contributed by atoms with Crippen LogP contribution in [0.2, 0.25) is 5.02 Å². The fourth-order valence-corrected chi connectivity index (χ4v) is 1.30. The Hall–Kier alpha value is -1.35. The number of aromatic nitrogens is 1. The first-order valence-electron chi connectivity index (χ1n) is 3.30. The van der Waals surface area contributed by atoms with E-state index >= 15 is 0 Å². The van der Waals surface area contributed by atoms with Crippen LogP contribution in [0.3, 0.4) is 0 Å². The minimum Gasteiger partial charge on any atom is -0.355 e. The van der Waals surface area contributed by atoms with Crippen molar-refractivity contribution in [3.8, 4) is 0 Å². The summed E-state index contributed by atoms with van der Waals surface area (Å²) in [5.41, 5.74) is 1.04. The van der Waals surface area contributed by atoms with Gasteiger partial charge in [0.1, 0.15) is 6.29 Å². The van der Waals surface area contributed by atoms with E-state index in [-0.39, 0.29) is 0 Å². The lowest BCUT2D eigenvalue weighted by Gasteiger charge is -1.92. The number of fused-ring (bicyclic) bond motifs is 1. The van der Waals surface area contributed by atoms with Gasteiger partial charge >= 0.3 is 0 Å². The van der Waals surface area contributed by atoms with Crippen LogP contribution >= 0.6 is 11.6 Å². The second-order valence-corrected chi connectivity index (χ2v) is 2.77. The maximum absolute atomic E-state index is 10.4. The summed E-state index contributed by atoms with van der Waals surface area (Å²) in [7, 11) is 0. The van der Waals surface area contributed by atoms with E-state index in [2.05, 4.69) is 5.16 Å². The summed E-state index contributed by atoms with van der Waals surface area (Å²) in [5, 5.41) is 4.71. The van der Waals surface area contributed by atoms with Crippen molar-refractivity contribution in [2.24, 2.45) is 0 Å². The number of benzene rings is 1. The number of carbonyl (C=O) groups is 1. The average molecular weight is 182 g/mol. The largest absolute Gasteiger partial charge is 0.355 e. The van der Waals surface area contributed by atoms with Crippen LogP contribution < -0.4 is 0 Å². The molecule has 0 atom stereocenters. The molecule has 0 fully saturated rings. The second-order valence-electron chi connectivity index (χ2n) is 2.36. The molecule has 0 amide bonds. The van der Waals surface area contributed by atoms with Crippen molar-refractivity contribution in [3.05, 3.63) is 28.9 Å². The average Bonchev–Trinajstić information content (AvgIpc) is 2.52. The molecule has 1 heterocycles. The van der Waals surface area contributed by atoms with E-state index in [1.54, 1.807) is 12.1 Å². The van der Waals surface area contributed by atoms with Crippen LogP contribution in [0.25, 0.3) is 11.0 Å². The van der Waals surface area contributed by atoms with Crippen LogP contribution in [0.4, 0.5) is 0 Å². The third kappa shape index (κ3) is 0.987. The Morgan fingerprint density at radius 1 is 1.50 bits per heavy atom. The molecule has 0 unspecified atom stereocenters. The Labute approximate surface area is 72.9 Å². The molecule has 0 saturated carbocycles. The van der Waals surface area contributed by atoms with Crippen molar-refractivity contribution < 1.29 is 9.32 Å². The lowest BCUT2D eigenvalue weighted by atomic mass is 10.2. The van der Waals surface area contributed by atoms with E-state index < -0.39 is 0 Å². The Morgan fingerprint density at radius 3 is 3.08 bits per heavy atom. The molecule has 3 nitrogen and oxygen atoms in total. The van der Waals surface area contributed by atoms with Gasteiger partial charge < -0.3 is 4.52 Å². The molecule has 2 rings (SSSR count). The maximum Gasteiger partial charge on any atom is 0.185 e. The van der Waals surface area contributed by atoms with Gasteiger partial charge in [-0.1, -0.05) is 16.8 Å². The zero-order valence-electron chi connectivity index (χ0n) is 5.95. The van der Waals surface area contributed by atoms with Crippen LogP contribution in [0.5, 0.6) is 0 Å². The van der Waals surface area contributed by atoms with Gasteiger partial charge in [0, 0.05) is 10.9 Å². The highest BCUT2D eigenvalue weighted by atomic mass is 35.5. The lowest BCUT2D eigenvalue weighted by Crippen LogP contribution is -1.78. The predicted octanol–water partition coefficient (Wildman–Crippen LogP) is 2.29. The fraction of sp³-hybridized carbons (Fsp3) is 0. The molecule has 2 aromatic rings. The van der Waals surface area contributed by atoms with Crippen LogP contribution in [0.1, 0.15) is 10.4 Å². The lowest BCUT2D eigenvalue weighted by molar-refractivity contribution is 0.112. The summed E-state index contributed by atoms with van der Waals surface area (Å²) in [5.74, 6) is 0. The van der Waals surface area contributed by atoms with Crippen LogP contribution in [-0.2, 0) is 0 Å².